The molecule has 0 saturated carbocycles. The van der Waals surface area contributed by atoms with Gasteiger partial charge in [-0.2, -0.15) is 8.42 Å². The van der Waals surface area contributed by atoms with E-state index >= 15 is 0 Å². The van der Waals surface area contributed by atoms with Gasteiger partial charge in [-0.25, -0.2) is 4.39 Å². The van der Waals surface area contributed by atoms with Crippen LogP contribution in [0.25, 0.3) is 0 Å². The average molecular weight is 450 g/mol. The lowest BCUT2D eigenvalue weighted by atomic mass is 10.1. The SMILES string of the molecule is CCCCCCC(=O)N(Cc1ccc(OS(=O)(=O)c2ccc(F)cc2)cc1)CC(C)C. The third-order valence-corrected chi connectivity index (χ3v) is 6.05. The van der Waals surface area contributed by atoms with Gasteiger partial charge in [0.1, 0.15) is 16.5 Å². The van der Waals surface area contributed by atoms with Gasteiger partial charge in [0, 0.05) is 19.5 Å². The van der Waals surface area contributed by atoms with Crippen molar-refractivity contribution in [1.29, 1.82) is 0 Å². The number of hydrogen-bond acceptors (Lipinski definition) is 4. The maximum absolute atomic E-state index is 13.0. The van der Waals surface area contributed by atoms with Crippen molar-refractivity contribution in [2.75, 3.05) is 6.54 Å². The van der Waals surface area contributed by atoms with Crippen LogP contribution in [0.5, 0.6) is 5.75 Å². The van der Waals surface area contributed by atoms with Crippen LogP contribution in [0.15, 0.2) is 53.4 Å². The number of unbranched alkanes of at least 4 members (excludes halogenated alkanes) is 3. The lowest BCUT2D eigenvalue weighted by molar-refractivity contribution is -0.132. The molecule has 0 heterocycles. The number of carbonyl (C=O) groups is 1. The molecular weight excluding hydrogens is 417 g/mol. The Labute approximate surface area is 185 Å². The molecule has 7 heteroatoms. The van der Waals surface area contributed by atoms with E-state index in [0.717, 1.165) is 55.5 Å². The van der Waals surface area contributed by atoms with Crippen LogP contribution in [-0.2, 0) is 21.5 Å². The lowest BCUT2D eigenvalue weighted by Gasteiger charge is -2.25. The molecule has 0 saturated heterocycles. The highest BCUT2D eigenvalue weighted by Crippen LogP contribution is 2.21. The first-order valence-corrected chi connectivity index (χ1v) is 12.2. The predicted molar refractivity (Wildman–Crippen MR) is 120 cm³/mol. The van der Waals surface area contributed by atoms with Crippen LogP contribution in [-0.4, -0.2) is 25.8 Å². The van der Waals surface area contributed by atoms with E-state index in [-0.39, 0.29) is 16.6 Å². The zero-order chi connectivity index (χ0) is 22.9. The molecule has 0 spiro atoms. The van der Waals surface area contributed by atoms with Crippen LogP contribution in [0.1, 0.15) is 58.4 Å². The second-order valence-electron chi connectivity index (χ2n) is 8.11. The molecule has 0 aliphatic carbocycles. The molecule has 2 rings (SSSR count). The lowest BCUT2D eigenvalue weighted by Crippen LogP contribution is -2.33. The summed E-state index contributed by atoms with van der Waals surface area (Å²) in [6.07, 6.45) is 4.78. The largest absolute Gasteiger partial charge is 0.379 e. The number of halogens is 1. The van der Waals surface area contributed by atoms with E-state index in [1.165, 1.54) is 0 Å². The van der Waals surface area contributed by atoms with Gasteiger partial charge in [0.25, 0.3) is 0 Å². The number of rotatable bonds is 12. The predicted octanol–water partition coefficient (Wildman–Crippen LogP) is 5.55. The third-order valence-electron chi connectivity index (χ3n) is 4.79. The quantitative estimate of drug-likeness (QED) is 0.315. The molecule has 2 aromatic carbocycles. The zero-order valence-corrected chi connectivity index (χ0v) is 19.3. The van der Waals surface area contributed by atoms with Crippen molar-refractivity contribution < 1.29 is 21.8 Å². The minimum Gasteiger partial charge on any atom is -0.379 e. The fourth-order valence-electron chi connectivity index (χ4n) is 3.20. The van der Waals surface area contributed by atoms with Crippen LogP contribution in [0.2, 0.25) is 0 Å². The van der Waals surface area contributed by atoms with E-state index in [1.807, 2.05) is 4.90 Å². The fraction of sp³-hybridized carbons (Fsp3) is 0.458. The Bertz CT molecular complexity index is 925. The summed E-state index contributed by atoms with van der Waals surface area (Å²) in [5, 5.41) is 0. The molecule has 31 heavy (non-hydrogen) atoms. The van der Waals surface area contributed by atoms with Crippen molar-refractivity contribution >= 4 is 16.0 Å². The van der Waals surface area contributed by atoms with Crippen LogP contribution in [0.3, 0.4) is 0 Å². The summed E-state index contributed by atoms with van der Waals surface area (Å²) in [5.41, 5.74) is 0.897. The minimum absolute atomic E-state index is 0.116. The third kappa shape index (κ3) is 8.32. The Balaban J connectivity index is 2.02. The summed E-state index contributed by atoms with van der Waals surface area (Å²) < 4.78 is 42.8. The van der Waals surface area contributed by atoms with Crippen LogP contribution in [0.4, 0.5) is 4.39 Å². The summed E-state index contributed by atoms with van der Waals surface area (Å²) in [7, 11) is -4.04. The molecule has 2 aromatic rings. The van der Waals surface area contributed by atoms with E-state index in [1.54, 1.807) is 24.3 Å². The van der Waals surface area contributed by atoms with Crippen LogP contribution in [0, 0.1) is 11.7 Å². The van der Waals surface area contributed by atoms with Crippen molar-refractivity contribution in [3.63, 3.8) is 0 Å². The summed E-state index contributed by atoms with van der Waals surface area (Å²) in [4.78, 5) is 14.4. The van der Waals surface area contributed by atoms with Gasteiger partial charge in [0.05, 0.1) is 0 Å². The molecule has 0 atom stereocenters. The van der Waals surface area contributed by atoms with E-state index in [0.29, 0.717) is 25.4 Å². The summed E-state index contributed by atoms with van der Waals surface area (Å²) in [6.45, 7) is 7.44. The van der Waals surface area contributed by atoms with Gasteiger partial charge in [0.2, 0.25) is 5.91 Å². The molecule has 5 nitrogen and oxygen atoms in total. The standard InChI is InChI=1S/C24H32FNO4S/c1-4-5-6-7-8-24(27)26(17-19(2)3)18-20-9-13-22(14-10-20)30-31(28,29)23-15-11-21(25)12-16-23/h9-16,19H,4-8,17-18H2,1-3H3. The Morgan fingerprint density at radius 2 is 1.65 bits per heavy atom. The summed E-state index contributed by atoms with van der Waals surface area (Å²) >= 11 is 0. The van der Waals surface area contributed by atoms with Gasteiger partial charge >= 0.3 is 10.1 Å². The van der Waals surface area contributed by atoms with E-state index in [9.17, 15) is 17.6 Å². The van der Waals surface area contributed by atoms with E-state index in [2.05, 4.69) is 20.8 Å². The highest BCUT2D eigenvalue weighted by Gasteiger charge is 2.18. The molecule has 0 unspecified atom stereocenters. The molecule has 0 fully saturated rings. The highest BCUT2D eigenvalue weighted by atomic mass is 32.2. The second-order valence-corrected chi connectivity index (χ2v) is 9.66. The molecule has 1 amide bonds. The van der Waals surface area contributed by atoms with Crippen LogP contribution >= 0.6 is 0 Å². The van der Waals surface area contributed by atoms with Crippen molar-refractivity contribution in [2.24, 2.45) is 5.92 Å². The summed E-state index contributed by atoms with van der Waals surface area (Å²) in [5.74, 6) is 0.135. The average Bonchev–Trinajstić information content (AvgIpc) is 2.72. The Kier molecular flexibility index (Phi) is 9.49. The van der Waals surface area contributed by atoms with Crippen molar-refractivity contribution in [3.05, 3.63) is 59.9 Å². The minimum atomic E-state index is -4.04. The first-order valence-electron chi connectivity index (χ1n) is 10.8. The second kappa shape index (κ2) is 11.8. The van der Waals surface area contributed by atoms with Crippen molar-refractivity contribution in [3.8, 4) is 5.75 Å². The van der Waals surface area contributed by atoms with E-state index in [4.69, 9.17) is 4.18 Å². The van der Waals surface area contributed by atoms with Gasteiger partial charge in [-0.1, -0.05) is 52.2 Å². The highest BCUT2D eigenvalue weighted by molar-refractivity contribution is 7.87. The Hall–Kier alpha value is -2.41. The Morgan fingerprint density at radius 1 is 1.00 bits per heavy atom. The normalized spacial score (nSPS) is 11.5. The smallest absolute Gasteiger partial charge is 0.339 e. The molecule has 0 radical (unpaired) electrons. The summed E-state index contributed by atoms with van der Waals surface area (Å²) in [6, 6.07) is 11.1. The molecule has 170 valence electrons. The molecule has 0 aliphatic heterocycles. The zero-order valence-electron chi connectivity index (χ0n) is 18.5. The van der Waals surface area contributed by atoms with Crippen molar-refractivity contribution in [1.82, 2.24) is 4.90 Å². The van der Waals surface area contributed by atoms with Gasteiger partial charge in [-0.05, 0) is 54.3 Å². The first-order chi connectivity index (χ1) is 14.7. The van der Waals surface area contributed by atoms with Crippen molar-refractivity contribution in [2.45, 2.75) is 64.3 Å². The van der Waals surface area contributed by atoms with Crippen LogP contribution < -0.4 is 4.18 Å². The molecule has 0 N–H and O–H groups in total. The van der Waals surface area contributed by atoms with Gasteiger partial charge in [-0.15, -0.1) is 0 Å². The maximum Gasteiger partial charge on any atom is 0.339 e. The fourth-order valence-corrected chi connectivity index (χ4v) is 4.13. The van der Waals surface area contributed by atoms with Gasteiger partial charge in [0.15, 0.2) is 0 Å². The monoisotopic (exact) mass is 449 g/mol. The van der Waals surface area contributed by atoms with Gasteiger partial charge < -0.3 is 9.08 Å². The molecule has 0 aliphatic rings. The number of nitrogens with zero attached hydrogens (tertiary/aromatic N) is 1. The molecule has 0 bridgehead atoms. The molecular formula is C24H32FNO4S. The maximum atomic E-state index is 13.0. The van der Waals surface area contributed by atoms with E-state index < -0.39 is 15.9 Å². The number of amides is 1. The number of benzene rings is 2. The first kappa shape index (κ1) is 24.9. The molecule has 0 aromatic heterocycles. The Morgan fingerprint density at radius 3 is 2.23 bits per heavy atom. The van der Waals surface area contributed by atoms with Gasteiger partial charge in [-0.3, -0.25) is 4.79 Å². The number of carbonyl (C=O) groups excluding carboxylic acids is 1. The topological polar surface area (TPSA) is 63.7 Å². The number of hydrogen-bond donors (Lipinski definition) is 0.